The first kappa shape index (κ1) is 9.21. The van der Waals surface area contributed by atoms with Gasteiger partial charge in [0.15, 0.2) is 5.78 Å². The predicted octanol–water partition coefficient (Wildman–Crippen LogP) is 0.866. The molecule has 0 radical (unpaired) electrons. The van der Waals surface area contributed by atoms with Crippen LogP contribution in [-0.2, 0) is 4.79 Å². The standard InChI is InChI=1S/C8H14O2/c1-6(2)4-8(10)5-7(3)9/h5-6,10H,4H2,1-3H3/p-1. The molecular formula is C8H13O2-. The number of hydrogen-bond donors (Lipinski definition) is 0. The molecule has 58 valence electrons. The second-order valence-corrected chi connectivity index (χ2v) is 2.82. The minimum Gasteiger partial charge on any atom is -0.875 e. The molecule has 0 aliphatic rings. The molecule has 0 aromatic rings. The number of rotatable bonds is 3. The van der Waals surface area contributed by atoms with Gasteiger partial charge in [-0.15, -0.1) is 5.76 Å². The molecule has 0 atom stereocenters. The Morgan fingerprint density at radius 2 is 2.10 bits per heavy atom. The summed E-state index contributed by atoms with van der Waals surface area (Å²) in [6, 6.07) is 0. The average Bonchev–Trinajstić information content (AvgIpc) is 1.58. The Morgan fingerprint density at radius 1 is 1.60 bits per heavy atom. The zero-order chi connectivity index (χ0) is 8.15. The van der Waals surface area contributed by atoms with Crippen LogP contribution >= 0.6 is 0 Å². The van der Waals surface area contributed by atoms with Crippen LogP contribution in [0.5, 0.6) is 0 Å². The van der Waals surface area contributed by atoms with Crippen molar-refractivity contribution in [3.8, 4) is 0 Å². The third kappa shape index (κ3) is 5.35. The van der Waals surface area contributed by atoms with Crippen LogP contribution in [-0.4, -0.2) is 5.78 Å². The van der Waals surface area contributed by atoms with Gasteiger partial charge in [-0.2, -0.15) is 0 Å². The summed E-state index contributed by atoms with van der Waals surface area (Å²) < 4.78 is 0. The van der Waals surface area contributed by atoms with Gasteiger partial charge in [-0.05, 0) is 25.3 Å². The van der Waals surface area contributed by atoms with E-state index in [0.717, 1.165) is 6.08 Å². The van der Waals surface area contributed by atoms with Crippen molar-refractivity contribution in [2.75, 3.05) is 0 Å². The van der Waals surface area contributed by atoms with E-state index in [0.29, 0.717) is 12.3 Å². The molecule has 0 aromatic heterocycles. The van der Waals surface area contributed by atoms with E-state index in [1.54, 1.807) is 0 Å². The quantitative estimate of drug-likeness (QED) is 0.432. The lowest BCUT2D eigenvalue weighted by atomic mass is 10.1. The van der Waals surface area contributed by atoms with Crippen LogP contribution in [0.15, 0.2) is 11.8 Å². The Bertz CT molecular complexity index is 145. The van der Waals surface area contributed by atoms with E-state index in [4.69, 9.17) is 0 Å². The molecule has 0 amide bonds. The normalized spacial score (nSPS) is 12.2. The van der Waals surface area contributed by atoms with Crippen LogP contribution in [0.1, 0.15) is 27.2 Å². The molecule has 0 rings (SSSR count). The fourth-order valence-corrected chi connectivity index (χ4v) is 0.688. The summed E-state index contributed by atoms with van der Waals surface area (Å²) in [5.74, 6) is 0.108. The summed E-state index contributed by atoms with van der Waals surface area (Å²) in [6.07, 6.45) is 1.62. The molecule has 0 aliphatic carbocycles. The first-order valence-corrected chi connectivity index (χ1v) is 3.40. The molecule has 0 fully saturated rings. The third-order valence-corrected chi connectivity index (χ3v) is 0.974. The first-order valence-electron chi connectivity index (χ1n) is 3.40. The maximum absolute atomic E-state index is 10.8. The van der Waals surface area contributed by atoms with Gasteiger partial charge in [0.05, 0.1) is 0 Å². The molecule has 10 heavy (non-hydrogen) atoms. The lowest BCUT2D eigenvalue weighted by Gasteiger charge is -2.12. The van der Waals surface area contributed by atoms with Crippen LogP contribution in [0.4, 0.5) is 0 Å². The second kappa shape index (κ2) is 4.09. The Hall–Kier alpha value is -0.790. The smallest absolute Gasteiger partial charge is 0.151 e. The van der Waals surface area contributed by atoms with E-state index in [1.807, 2.05) is 13.8 Å². The summed E-state index contributed by atoms with van der Waals surface area (Å²) >= 11 is 0. The average molecular weight is 141 g/mol. The lowest BCUT2D eigenvalue weighted by Crippen LogP contribution is -2.08. The summed E-state index contributed by atoms with van der Waals surface area (Å²) in [5, 5.41) is 10.8. The van der Waals surface area contributed by atoms with Gasteiger partial charge in [0.1, 0.15) is 0 Å². The predicted molar refractivity (Wildman–Crippen MR) is 38.2 cm³/mol. The highest BCUT2D eigenvalue weighted by atomic mass is 16.3. The van der Waals surface area contributed by atoms with E-state index in [9.17, 15) is 9.90 Å². The fraction of sp³-hybridized carbons (Fsp3) is 0.625. The number of hydrogen-bond acceptors (Lipinski definition) is 2. The van der Waals surface area contributed by atoms with Gasteiger partial charge < -0.3 is 5.11 Å². The Morgan fingerprint density at radius 3 is 2.40 bits per heavy atom. The number of allylic oxidation sites excluding steroid dienone is 2. The van der Waals surface area contributed by atoms with Crippen LogP contribution in [0.3, 0.4) is 0 Å². The largest absolute Gasteiger partial charge is 0.875 e. The zero-order valence-corrected chi connectivity index (χ0v) is 6.68. The summed E-state index contributed by atoms with van der Waals surface area (Å²) in [5.41, 5.74) is 0. The van der Waals surface area contributed by atoms with Crippen molar-refractivity contribution in [3.05, 3.63) is 11.8 Å². The minimum absolute atomic E-state index is 0.0671. The Balaban J connectivity index is 3.83. The van der Waals surface area contributed by atoms with Crippen molar-refractivity contribution >= 4 is 5.78 Å². The molecule has 0 spiro atoms. The van der Waals surface area contributed by atoms with E-state index < -0.39 is 0 Å². The lowest BCUT2D eigenvalue weighted by molar-refractivity contribution is -0.308. The summed E-state index contributed by atoms with van der Waals surface area (Å²) in [6.45, 7) is 5.29. The van der Waals surface area contributed by atoms with Crippen LogP contribution < -0.4 is 5.11 Å². The number of carbonyl (C=O) groups excluding carboxylic acids is 1. The molecule has 0 bridgehead atoms. The van der Waals surface area contributed by atoms with E-state index in [1.165, 1.54) is 6.92 Å². The van der Waals surface area contributed by atoms with E-state index >= 15 is 0 Å². The first-order chi connectivity index (χ1) is 4.52. The van der Waals surface area contributed by atoms with Crippen molar-refractivity contribution in [2.45, 2.75) is 27.2 Å². The van der Waals surface area contributed by atoms with Gasteiger partial charge in [-0.3, -0.25) is 4.79 Å². The molecule has 0 heterocycles. The van der Waals surface area contributed by atoms with Crippen LogP contribution in [0.2, 0.25) is 0 Å². The second-order valence-electron chi connectivity index (χ2n) is 2.82. The maximum atomic E-state index is 10.8. The van der Waals surface area contributed by atoms with E-state index in [-0.39, 0.29) is 11.5 Å². The molecule has 0 aromatic carbocycles. The highest BCUT2D eigenvalue weighted by molar-refractivity contribution is 5.87. The fourth-order valence-electron chi connectivity index (χ4n) is 0.688. The highest BCUT2D eigenvalue weighted by Gasteiger charge is 1.91. The Kier molecular flexibility index (Phi) is 3.77. The van der Waals surface area contributed by atoms with E-state index in [2.05, 4.69) is 0 Å². The zero-order valence-electron chi connectivity index (χ0n) is 6.68. The van der Waals surface area contributed by atoms with Crippen molar-refractivity contribution in [2.24, 2.45) is 5.92 Å². The SMILES string of the molecule is CC(=O)C=C([O-])CC(C)C. The molecular weight excluding hydrogens is 128 g/mol. The summed E-state index contributed by atoms with van der Waals surface area (Å²) in [7, 11) is 0. The van der Waals surface area contributed by atoms with Gasteiger partial charge >= 0.3 is 0 Å². The van der Waals surface area contributed by atoms with Crippen molar-refractivity contribution in [1.29, 1.82) is 0 Å². The van der Waals surface area contributed by atoms with Crippen molar-refractivity contribution < 1.29 is 9.90 Å². The third-order valence-electron chi connectivity index (χ3n) is 0.974. The highest BCUT2D eigenvalue weighted by Crippen LogP contribution is 2.04. The Labute approximate surface area is 61.6 Å². The van der Waals surface area contributed by atoms with Gasteiger partial charge in [0.25, 0.3) is 0 Å². The molecule has 0 N–H and O–H groups in total. The topological polar surface area (TPSA) is 40.1 Å². The van der Waals surface area contributed by atoms with Crippen molar-refractivity contribution in [3.63, 3.8) is 0 Å². The molecule has 0 aliphatic heterocycles. The molecule has 0 saturated heterocycles. The maximum Gasteiger partial charge on any atom is 0.151 e. The van der Waals surface area contributed by atoms with Gasteiger partial charge in [-0.25, -0.2) is 0 Å². The molecule has 0 unspecified atom stereocenters. The van der Waals surface area contributed by atoms with Gasteiger partial charge in [-0.1, -0.05) is 13.8 Å². The summed E-state index contributed by atoms with van der Waals surface area (Å²) in [4.78, 5) is 10.4. The molecule has 2 nitrogen and oxygen atoms in total. The minimum atomic E-state index is -0.161. The van der Waals surface area contributed by atoms with Crippen LogP contribution in [0, 0.1) is 5.92 Å². The van der Waals surface area contributed by atoms with Crippen molar-refractivity contribution in [1.82, 2.24) is 0 Å². The number of ketones is 1. The molecule has 0 saturated carbocycles. The number of carbonyl (C=O) groups is 1. The van der Waals surface area contributed by atoms with Crippen LogP contribution in [0.25, 0.3) is 0 Å². The van der Waals surface area contributed by atoms with Gasteiger partial charge in [0.2, 0.25) is 0 Å². The molecule has 2 heteroatoms. The van der Waals surface area contributed by atoms with Gasteiger partial charge in [0, 0.05) is 0 Å². The monoisotopic (exact) mass is 141 g/mol.